The summed E-state index contributed by atoms with van der Waals surface area (Å²) in [7, 11) is 0. The van der Waals surface area contributed by atoms with Gasteiger partial charge in [-0.3, -0.25) is 0 Å². The maximum Gasteiger partial charge on any atom is 0 e. The Bertz CT molecular complexity index is 657. The van der Waals surface area contributed by atoms with Crippen molar-refractivity contribution in [2.75, 3.05) is 0 Å². The van der Waals surface area contributed by atoms with Crippen LogP contribution in [0.1, 0.15) is 0 Å². The van der Waals surface area contributed by atoms with Gasteiger partial charge >= 0.3 is 0 Å². The average Bonchev–Trinajstić information content (AvgIpc) is 2.48. The van der Waals surface area contributed by atoms with Gasteiger partial charge < -0.3 is 0 Å². The summed E-state index contributed by atoms with van der Waals surface area (Å²) in [4.78, 5) is 0. The number of hydrogen-bond acceptors (Lipinski definition) is 0. The Balaban J connectivity index is 0.00000110. The summed E-state index contributed by atoms with van der Waals surface area (Å²) in [6, 6.07) is 26.0. The Morgan fingerprint density at radius 3 is 0.632 bits per heavy atom. The second-order valence-electron chi connectivity index (χ2n) is 4.64. The Hall–Kier alpha value is -1.46. The minimum atomic E-state index is 0. The van der Waals surface area contributed by atoms with Crippen molar-refractivity contribution in [2.24, 2.45) is 0 Å². The Labute approximate surface area is 131 Å². The van der Waals surface area contributed by atoms with Crippen molar-refractivity contribution >= 4 is 58.5 Å². The van der Waals surface area contributed by atoms with E-state index in [0.29, 0.717) is 0 Å². The molecule has 0 unspecified atom stereocenters. The second kappa shape index (κ2) is 4.91. The zero-order valence-electron chi connectivity index (χ0n) is 10.4. The standard InChI is InChI=1S/C18H12.Bi/c1-2-8-14-13(7-1)15-9-3-4-11-17(15)18-12-6-5-10-16(14)18;/h1-12H;. The van der Waals surface area contributed by atoms with Gasteiger partial charge in [-0.2, -0.15) is 0 Å². The minimum absolute atomic E-state index is 0. The molecule has 0 nitrogen and oxygen atoms in total. The van der Waals surface area contributed by atoms with Crippen molar-refractivity contribution in [3.8, 4) is 0 Å². The molecule has 0 bridgehead atoms. The molecule has 0 aliphatic heterocycles. The molecule has 0 saturated carbocycles. The fourth-order valence-corrected chi connectivity index (χ4v) is 2.86. The minimum Gasteiger partial charge on any atom is -0.0616 e. The van der Waals surface area contributed by atoms with E-state index in [2.05, 4.69) is 72.8 Å². The number of fused-ring (bicyclic) bond motifs is 6. The molecule has 0 amide bonds. The van der Waals surface area contributed by atoms with Crippen LogP contribution in [0.15, 0.2) is 72.8 Å². The molecule has 89 valence electrons. The first kappa shape index (κ1) is 12.6. The third kappa shape index (κ3) is 1.85. The van der Waals surface area contributed by atoms with Gasteiger partial charge in [0.1, 0.15) is 0 Å². The molecule has 0 spiro atoms. The molecule has 4 rings (SSSR count). The molecule has 19 heavy (non-hydrogen) atoms. The molecule has 0 aromatic heterocycles. The van der Waals surface area contributed by atoms with E-state index in [-0.39, 0.29) is 26.2 Å². The Morgan fingerprint density at radius 1 is 0.316 bits per heavy atom. The molecule has 0 aliphatic rings. The summed E-state index contributed by atoms with van der Waals surface area (Å²) in [6.07, 6.45) is 0. The predicted octanol–water partition coefficient (Wildman–Crippen LogP) is 4.77. The summed E-state index contributed by atoms with van der Waals surface area (Å²) < 4.78 is 0. The fraction of sp³-hybridized carbons (Fsp3) is 0. The van der Waals surface area contributed by atoms with Crippen LogP contribution in [0, 0.1) is 0 Å². The largest absolute Gasteiger partial charge is 0.0616 e. The molecule has 0 fully saturated rings. The molecule has 4 aromatic carbocycles. The molecule has 0 heterocycles. The summed E-state index contributed by atoms with van der Waals surface area (Å²) >= 11 is 0. The predicted molar refractivity (Wildman–Crippen MR) is 84.7 cm³/mol. The van der Waals surface area contributed by atoms with Crippen molar-refractivity contribution in [3.63, 3.8) is 0 Å². The number of hydrogen-bond donors (Lipinski definition) is 0. The van der Waals surface area contributed by atoms with Crippen molar-refractivity contribution < 1.29 is 0 Å². The summed E-state index contributed by atoms with van der Waals surface area (Å²) in [5.41, 5.74) is 0. The monoisotopic (exact) mass is 437 g/mol. The normalized spacial score (nSPS) is 10.7. The van der Waals surface area contributed by atoms with Gasteiger partial charge in [0.05, 0.1) is 0 Å². The summed E-state index contributed by atoms with van der Waals surface area (Å²) in [5, 5.41) is 8.04. The second-order valence-corrected chi connectivity index (χ2v) is 4.64. The van der Waals surface area contributed by atoms with Crippen LogP contribution in [0.25, 0.3) is 32.3 Å². The van der Waals surface area contributed by atoms with E-state index in [1.807, 2.05) is 0 Å². The first-order chi connectivity index (χ1) is 8.95. The van der Waals surface area contributed by atoms with Crippen LogP contribution in [0.4, 0.5) is 0 Å². The van der Waals surface area contributed by atoms with Crippen LogP contribution in [0.2, 0.25) is 0 Å². The van der Waals surface area contributed by atoms with Gasteiger partial charge in [-0.05, 0) is 32.3 Å². The van der Waals surface area contributed by atoms with Gasteiger partial charge in [0.15, 0.2) is 0 Å². The van der Waals surface area contributed by atoms with Crippen molar-refractivity contribution in [2.45, 2.75) is 0 Å². The molecule has 0 atom stereocenters. The molecular weight excluding hydrogens is 425 g/mol. The van der Waals surface area contributed by atoms with Gasteiger partial charge in [0, 0.05) is 26.2 Å². The van der Waals surface area contributed by atoms with E-state index in [1.165, 1.54) is 32.3 Å². The zero-order valence-corrected chi connectivity index (χ0v) is 13.9. The van der Waals surface area contributed by atoms with E-state index >= 15 is 0 Å². The van der Waals surface area contributed by atoms with Crippen molar-refractivity contribution in [3.05, 3.63) is 72.8 Å². The third-order valence-corrected chi connectivity index (χ3v) is 3.65. The molecule has 0 N–H and O–H groups in total. The van der Waals surface area contributed by atoms with E-state index in [1.54, 1.807) is 0 Å². The zero-order chi connectivity index (χ0) is 11.9. The van der Waals surface area contributed by atoms with E-state index in [4.69, 9.17) is 0 Å². The average molecular weight is 437 g/mol. The summed E-state index contributed by atoms with van der Waals surface area (Å²) in [6.45, 7) is 0. The third-order valence-electron chi connectivity index (χ3n) is 3.65. The van der Waals surface area contributed by atoms with Crippen molar-refractivity contribution in [1.29, 1.82) is 0 Å². The molecular formula is C18H12Bi. The molecule has 3 radical (unpaired) electrons. The van der Waals surface area contributed by atoms with Gasteiger partial charge in [0.2, 0.25) is 0 Å². The van der Waals surface area contributed by atoms with Crippen molar-refractivity contribution in [1.82, 2.24) is 0 Å². The first-order valence-electron chi connectivity index (χ1n) is 6.23. The maximum absolute atomic E-state index is 2.21. The van der Waals surface area contributed by atoms with Gasteiger partial charge in [0.25, 0.3) is 0 Å². The molecule has 1 heteroatoms. The van der Waals surface area contributed by atoms with Crippen LogP contribution in [-0.4, -0.2) is 26.2 Å². The number of rotatable bonds is 0. The quantitative estimate of drug-likeness (QED) is 0.275. The van der Waals surface area contributed by atoms with Crippen LogP contribution in [0.5, 0.6) is 0 Å². The van der Waals surface area contributed by atoms with Crippen LogP contribution >= 0.6 is 0 Å². The van der Waals surface area contributed by atoms with Crippen LogP contribution in [0.3, 0.4) is 0 Å². The topological polar surface area (TPSA) is 0 Å². The van der Waals surface area contributed by atoms with Crippen LogP contribution in [-0.2, 0) is 0 Å². The maximum atomic E-state index is 2.21. The first-order valence-corrected chi connectivity index (χ1v) is 6.23. The molecule has 4 aromatic rings. The van der Waals surface area contributed by atoms with Gasteiger partial charge in [-0.15, -0.1) is 0 Å². The van der Waals surface area contributed by atoms with Gasteiger partial charge in [-0.1, -0.05) is 72.8 Å². The van der Waals surface area contributed by atoms with E-state index in [0.717, 1.165) is 0 Å². The number of benzene rings is 4. The van der Waals surface area contributed by atoms with Crippen LogP contribution < -0.4 is 0 Å². The Kier molecular flexibility index (Phi) is 3.25. The Morgan fingerprint density at radius 2 is 0.474 bits per heavy atom. The summed E-state index contributed by atoms with van der Waals surface area (Å²) in [5.74, 6) is 0. The molecule has 0 aliphatic carbocycles. The smallest absolute Gasteiger partial charge is 0 e. The van der Waals surface area contributed by atoms with E-state index in [9.17, 15) is 0 Å². The molecule has 0 saturated heterocycles. The van der Waals surface area contributed by atoms with E-state index < -0.39 is 0 Å². The fourth-order valence-electron chi connectivity index (χ4n) is 2.86. The van der Waals surface area contributed by atoms with Gasteiger partial charge in [-0.25, -0.2) is 0 Å². The SMILES string of the molecule is [Bi].c1ccc2c(c1)c1ccccc1c1ccccc21.